The fourth-order valence-corrected chi connectivity index (χ4v) is 3.51. The fourth-order valence-electron chi connectivity index (χ4n) is 2.51. The van der Waals surface area contributed by atoms with Gasteiger partial charge in [0.05, 0.1) is 5.69 Å². The number of carbonyl (C=O) groups excluding carboxylic acids is 1. The molecule has 0 aromatic carbocycles. The first kappa shape index (κ1) is 14.3. The lowest BCUT2D eigenvalue weighted by Gasteiger charge is -2.31. The highest BCUT2D eigenvalue weighted by Gasteiger charge is 2.25. The van der Waals surface area contributed by atoms with E-state index >= 15 is 0 Å². The van der Waals surface area contributed by atoms with E-state index in [2.05, 4.69) is 17.2 Å². The molecule has 21 heavy (non-hydrogen) atoms. The summed E-state index contributed by atoms with van der Waals surface area (Å²) in [6, 6.07) is 4.14. The second-order valence-electron chi connectivity index (χ2n) is 5.45. The zero-order valence-corrected chi connectivity index (χ0v) is 13.3. The van der Waals surface area contributed by atoms with Crippen LogP contribution in [0, 0.1) is 13.8 Å². The zero-order chi connectivity index (χ0) is 15.0. The van der Waals surface area contributed by atoms with Crippen LogP contribution in [0.2, 0.25) is 0 Å². The van der Waals surface area contributed by atoms with Crippen LogP contribution in [0.5, 0.6) is 0 Å². The molecule has 1 unspecified atom stereocenters. The van der Waals surface area contributed by atoms with Crippen molar-refractivity contribution in [2.75, 3.05) is 19.6 Å². The number of piperazine rings is 1. The lowest BCUT2D eigenvalue weighted by atomic mass is 10.2. The number of nitrogens with zero attached hydrogens (tertiary/aromatic N) is 2. The number of aryl methyl sites for hydroxylation is 2. The Kier molecular flexibility index (Phi) is 3.82. The second-order valence-corrected chi connectivity index (χ2v) is 6.45. The van der Waals surface area contributed by atoms with Gasteiger partial charge in [-0.3, -0.25) is 4.79 Å². The third-order valence-corrected chi connectivity index (χ3v) is 4.76. The van der Waals surface area contributed by atoms with Gasteiger partial charge in [-0.15, -0.1) is 11.3 Å². The van der Waals surface area contributed by atoms with E-state index in [0.717, 1.165) is 41.9 Å². The van der Waals surface area contributed by atoms with E-state index in [1.54, 1.807) is 0 Å². The molecule has 1 aliphatic heterocycles. The predicted molar refractivity (Wildman–Crippen MR) is 82.7 cm³/mol. The van der Waals surface area contributed by atoms with Crippen molar-refractivity contribution in [3.8, 4) is 10.8 Å². The van der Waals surface area contributed by atoms with Gasteiger partial charge in [-0.25, -0.2) is 4.98 Å². The van der Waals surface area contributed by atoms with Crippen molar-refractivity contribution < 1.29 is 9.21 Å². The summed E-state index contributed by atoms with van der Waals surface area (Å²) in [6.07, 6.45) is 0. The largest absolute Gasteiger partial charge is 0.459 e. The fraction of sp³-hybridized carbons (Fsp3) is 0.467. The maximum Gasteiger partial charge on any atom is 0.265 e. The number of rotatable bonds is 2. The van der Waals surface area contributed by atoms with Gasteiger partial charge in [0, 0.05) is 25.7 Å². The van der Waals surface area contributed by atoms with E-state index in [1.165, 1.54) is 11.3 Å². The van der Waals surface area contributed by atoms with Crippen molar-refractivity contribution in [3.05, 3.63) is 28.5 Å². The summed E-state index contributed by atoms with van der Waals surface area (Å²) in [5, 5.41) is 4.12. The molecule has 0 aliphatic carbocycles. The minimum Gasteiger partial charge on any atom is -0.459 e. The Morgan fingerprint density at radius 1 is 1.48 bits per heavy atom. The van der Waals surface area contributed by atoms with Crippen molar-refractivity contribution in [1.29, 1.82) is 0 Å². The van der Waals surface area contributed by atoms with Crippen LogP contribution >= 0.6 is 11.3 Å². The van der Waals surface area contributed by atoms with Crippen molar-refractivity contribution in [2.24, 2.45) is 0 Å². The van der Waals surface area contributed by atoms with Crippen LogP contribution in [0.4, 0.5) is 0 Å². The lowest BCUT2D eigenvalue weighted by molar-refractivity contribution is 0.0713. The van der Waals surface area contributed by atoms with Crippen LogP contribution in [0.3, 0.4) is 0 Å². The maximum atomic E-state index is 12.7. The van der Waals surface area contributed by atoms with Gasteiger partial charge in [-0.05, 0) is 32.9 Å². The Morgan fingerprint density at radius 3 is 2.95 bits per heavy atom. The van der Waals surface area contributed by atoms with Gasteiger partial charge in [0.2, 0.25) is 0 Å². The zero-order valence-electron chi connectivity index (χ0n) is 12.5. The molecule has 1 atom stereocenters. The van der Waals surface area contributed by atoms with Crippen molar-refractivity contribution in [1.82, 2.24) is 15.2 Å². The first-order chi connectivity index (χ1) is 10.0. The number of aromatic nitrogens is 1. The second kappa shape index (κ2) is 5.61. The highest BCUT2D eigenvalue weighted by atomic mass is 32.1. The highest BCUT2D eigenvalue weighted by Crippen LogP contribution is 2.30. The topological polar surface area (TPSA) is 58.4 Å². The number of amides is 1. The van der Waals surface area contributed by atoms with Crippen LogP contribution in [0.15, 0.2) is 16.5 Å². The lowest BCUT2D eigenvalue weighted by Crippen LogP contribution is -2.51. The van der Waals surface area contributed by atoms with E-state index in [9.17, 15) is 4.79 Å². The molecular weight excluding hydrogens is 286 g/mol. The Labute approximate surface area is 128 Å². The Bertz CT molecular complexity index is 662. The van der Waals surface area contributed by atoms with E-state index in [-0.39, 0.29) is 5.91 Å². The average Bonchev–Trinajstić information content (AvgIpc) is 3.04. The molecule has 0 spiro atoms. The summed E-state index contributed by atoms with van der Waals surface area (Å²) in [7, 11) is 0. The minimum atomic E-state index is 0.0767. The van der Waals surface area contributed by atoms with Gasteiger partial charge in [-0.2, -0.15) is 0 Å². The number of hydrogen-bond donors (Lipinski definition) is 1. The molecule has 2 aromatic heterocycles. The van der Waals surface area contributed by atoms with E-state index < -0.39 is 0 Å². The molecule has 5 nitrogen and oxygen atoms in total. The van der Waals surface area contributed by atoms with E-state index in [0.29, 0.717) is 10.9 Å². The normalized spacial score (nSPS) is 19.0. The summed E-state index contributed by atoms with van der Waals surface area (Å²) >= 11 is 1.41. The number of thiazole rings is 1. The van der Waals surface area contributed by atoms with Crippen LogP contribution < -0.4 is 5.32 Å². The first-order valence-corrected chi connectivity index (χ1v) is 7.93. The summed E-state index contributed by atoms with van der Waals surface area (Å²) in [5.41, 5.74) is 0.778. The van der Waals surface area contributed by atoms with Crippen LogP contribution in [-0.2, 0) is 0 Å². The third kappa shape index (κ3) is 2.87. The summed E-state index contributed by atoms with van der Waals surface area (Å²) in [5.74, 6) is 1.66. The van der Waals surface area contributed by atoms with Gasteiger partial charge in [0.15, 0.2) is 10.8 Å². The molecule has 1 aliphatic rings. The van der Waals surface area contributed by atoms with Gasteiger partial charge >= 0.3 is 0 Å². The van der Waals surface area contributed by atoms with Gasteiger partial charge in [-0.1, -0.05) is 0 Å². The van der Waals surface area contributed by atoms with Crippen LogP contribution in [-0.4, -0.2) is 41.5 Å². The Hall–Kier alpha value is -1.66. The molecule has 1 N–H and O–H groups in total. The average molecular weight is 305 g/mol. The molecule has 112 valence electrons. The first-order valence-electron chi connectivity index (χ1n) is 7.11. The van der Waals surface area contributed by atoms with Crippen LogP contribution in [0.1, 0.15) is 28.0 Å². The van der Waals surface area contributed by atoms with Gasteiger partial charge < -0.3 is 14.6 Å². The number of furan rings is 1. The highest BCUT2D eigenvalue weighted by molar-refractivity contribution is 7.17. The van der Waals surface area contributed by atoms with Gasteiger partial charge in [0.1, 0.15) is 10.6 Å². The SMILES string of the molecule is Cc1ccc(-c2nc(C)c(C(=O)N3CCNC(C)C3)s2)o1. The number of hydrogen-bond acceptors (Lipinski definition) is 5. The van der Waals surface area contributed by atoms with E-state index in [4.69, 9.17) is 4.42 Å². The summed E-state index contributed by atoms with van der Waals surface area (Å²) in [4.78, 5) is 19.8. The summed E-state index contributed by atoms with van der Waals surface area (Å²) < 4.78 is 5.59. The smallest absolute Gasteiger partial charge is 0.265 e. The number of carbonyl (C=O) groups is 1. The molecule has 1 saturated heterocycles. The predicted octanol–water partition coefficient (Wildman–Crippen LogP) is 2.45. The molecule has 0 bridgehead atoms. The number of nitrogens with one attached hydrogen (secondary N) is 1. The molecule has 3 rings (SSSR count). The maximum absolute atomic E-state index is 12.7. The molecular formula is C15H19N3O2S. The Balaban J connectivity index is 1.85. The molecule has 6 heteroatoms. The minimum absolute atomic E-state index is 0.0767. The standard InChI is InChI=1S/C15H19N3O2S/c1-9-8-18(7-6-16-9)15(19)13-11(3)17-14(21-13)12-5-4-10(2)20-12/h4-5,9,16H,6-8H2,1-3H3. The summed E-state index contributed by atoms with van der Waals surface area (Å²) in [6.45, 7) is 8.21. The quantitative estimate of drug-likeness (QED) is 0.926. The molecule has 1 fully saturated rings. The van der Waals surface area contributed by atoms with Crippen LogP contribution in [0.25, 0.3) is 10.8 Å². The Morgan fingerprint density at radius 2 is 2.29 bits per heavy atom. The monoisotopic (exact) mass is 305 g/mol. The molecule has 0 radical (unpaired) electrons. The third-order valence-electron chi connectivity index (χ3n) is 3.60. The molecule has 0 saturated carbocycles. The molecule has 1 amide bonds. The molecule has 3 heterocycles. The van der Waals surface area contributed by atoms with Crippen molar-refractivity contribution in [2.45, 2.75) is 26.8 Å². The van der Waals surface area contributed by atoms with E-state index in [1.807, 2.05) is 30.9 Å². The van der Waals surface area contributed by atoms with Gasteiger partial charge in [0.25, 0.3) is 5.91 Å². The molecule has 2 aromatic rings. The van der Waals surface area contributed by atoms with Crippen molar-refractivity contribution in [3.63, 3.8) is 0 Å². The van der Waals surface area contributed by atoms with Crippen molar-refractivity contribution >= 4 is 17.2 Å².